The molecule has 120 valence electrons. The van der Waals surface area contributed by atoms with Crippen LogP contribution in [0.25, 0.3) is 0 Å². The Morgan fingerprint density at radius 3 is 2.27 bits per heavy atom. The molecule has 3 rings (SSSR count). The van der Waals surface area contributed by atoms with E-state index in [1.807, 2.05) is 0 Å². The second-order valence-corrected chi connectivity index (χ2v) is 8.01. The quantitative estimate of drug-likeness (QED) is 0.662. The Morgan fingerprint density at radius 1 is 1.18 bits per heavy atom. The topological polar surface area (TPSA) is 92.6 Å². The van der Waals surface area contributed by atoms with E-state index in [4.69, 9.17) is 0 Å². The van der Waals surface area contributed by atoms with Gasteiger partial charge < -0.3 is 5.32 Å². The number of hydrogen-bond acceptors (Lipinski definition) is 5. The van der Waals surface area contributed by atoms with Crippen molar-refractivity contribution in [3.8, 4) is 0 Å². The SMILES string of the molecule is Cc1ccc(C)c(S(=O)(=O)N2C[C@H]3CNC[C@H]3C2)c1[N+](=O)[O-]. The minimum Gasteiger partial charge on any atom is -0.316 e. The predicted octanol–water partition coefficient (Wildman–Crippen LogP) is 1.05. The van der Waals surface area contributed by atoms with Crippen LogP contribution in [0.3, 0.4) is 0 Å². The molecule has 0 unspecified atom stereocenters. The molecule has 0 aliphatic carbocycles. The highest BCUT2D eigenvalue weighted by Crippen LogP contribution is 2.36. The summed E-state index contributed by atoms with van der Waals surface area (Å²) in [5, 5.41) is 14.6. The maximum absolute atomic E-state index is 13.0. The first-order valence-corrected chi connectivity index (χ1v) is 8.72. The van der Waals surface area contributed by atoms with E-state index < -0.39 is 14.9 Å². The highest BCUT2D eigenvalue weighted by atomic mass is 32.2. The van der Waals surface area contributed by atoms with Crippen LogP contribution < -0.4 is 5.32 Å². The van der Waals surface area contributed by atoms with Gasteiger partial charge in [-0.2, -0.15) is 4.31 Å². The van der Waals surface area contributed by atoms with Gasteiger partial charge in [0.15, 0.2) is 4.90 Å². The van der Waals surface area contributed by atoms with Crippen molar-refractivity contribution in [1.29, 1.82) is 0 Å². The summed E-state index contributed by atoms with van der Waals surface area (Å²) in [4.78, 5) is 10.6. The van der Waals surface area contributed by atoms with E-state index in [0.717, 1.165) is 13.1 Å². The van der Waals surface area contributed by atoms with Crippen LogP contribution in [-0.2, 0) is 10.0 Å². The molecule has 1 N–H and O–H groups in total. The van der Waals surface area contributed by atoms with Crippen LogP contribution in [0.4, 0.5) is 5.69 Å². The van der Waals surface area contributed by atoms with Crippen LogP contribution in [0.5, 0.6) is 0 Å². The molecule has 2 fully saturated rings. The fourth-order valence-corrected chi connectivity index (χ4v) is 5.45. The maximum atomic E-state index is 13.0. The summed E-state index contributed by atoms with van der Waals surface area (Å²) in [6, 6.07) is 3.22. The van der Waals surface area contributed by atoms with Crippen molar-refractivity contribution < 1.29 is 13.3 Å². The van der Waals surface area contributed by atoms with E-state index in [2.05, 4.69) is 5.32 Å². The van der Waals surface area contributed by atoms with E-state index in [9.17, 15) is 18.5 Å². The predicted molar refractivity (Wildman–Crippen MR) is 81.2 cm³/mol. The normalized spacial score (nSPS) is 25.4. The van der Waals surface area contributed by atoms with Gasteiger partial charge in [0, 0.05) is 18.7 Å². The van der Waals surface area contributed by atoms with Crippen molar-refractivity contribution in [3.05, 3.63) is 33.4 Å². The highest BCUT2D eigenvalue weighted by Gasteiger charge is 2.44. The van der Waals surface area contributed by atoms with Gasteiger partial charge in [-0.15, -0.1) is 0 Å². The fourth-order valence-electron chi connectivity index (χ4n) is 3.46. The number of hydrogen-bond donors (Lipinski definition) is 1. The number of sulfonamides is 1. The molecule has 8 heteroatoms. The molecule has 0 radical (unpaired) electrons. The lowest BCUT2D eigenvalue weighted by Crippen LogP contribution is -2.32. The molecule has 2 aliphatic rings. The molecule has 0 bridgehead atoms. The maximum Gasteiger partial charge on any atom is 0.292 e. The Kier molecular flexibility index (Phi) is 3.70. The number of fused-ring (bicyclic) bond motifs is 1. The molecule has 0 saturated carbocycles. The first kappa shape index (κ1) is 15.4. The molecule has 2 heterocycles. The Bertz CT molecular complexity index is 720. The largest absolute Gasteiger partial charge is 0.316 e. The number of rotatable bonds is 3. The number of benzene rings is 1. The van der Waals surface area contributed by atoms with Gasteiger partial charge in [0.05, 0.1) is 4.92 Å². The minimum absolute atomic E-state index is 0.148. The zero-order chi connectivity index (χ0) is 16.1. The fraction of sp³-hybridized carbons (Fsp3) is 0.571. The van der Waals surface area contributed by atoms with Crippen molar-refractivity contribution in [2.24, 2.45) is 11.8 Å². The Balaban J connectivity index is 2.07. The van der Waals surface area contributed by atoms with E-state index in [0.29, 0.717) is 36.1 Å². The second kappa shape index (κ2) is 5.29. The molecule has 2 aliphatic heterocycles. The van der Waals surface area contributed by atoms with Crippen LogP contribution in [0.15, 0.2) is 17.0 Å². The number of nitro groups is 1. The molecule has 2 saturated heterocycles. The highest BCUT2D eigenvalue weighted by molar-refractivity contribution is 7.89. The van der Waals surface area contributed by atoms with Gasteiger partial charge in [0.25, 0.3) is 5.69 Å². The standard InChI is InChI=1S/C14H19N3O4S/c1-9-3-4-10(2)14(13(9)17(18)19)22(20,21)16-7-11-5-15-6-12(11)8-16/h3-4,11-12,15H,5-8H2,1-2H3/t11-,12+. The number of nitro benzene ring substituents is 1. The molecule has 22 heavy (non-hydrogen) atoms. The number of nitrogens with zero attached hydrogens (tertiary/aromatic N) is 2. The molecule has 1 aromatic carbocycles. The van der Waals surface area contributed by atoms with Crippen LogP contribution in [0, 0.1) is 35.8 Å². The molecule has 0 spiro atoms. The van der Waals surface area contributed by atoms with Crippen LogP contribution in [0.1, 0.15) is 11.1 Å². The summed E-state index contributed by atoms with van der Waals surface area (Å²) in [5.74, 6) is 0.609. The Morgan fingerprint density at radius 2 is 1.73 bits per heavy atom. The summed E-state index contributed by atoms with van der Waals surface area (Å²) in [6.45, 7) is 5.67. The number of aryl methyl sites for hydroxylation is 2. The van der Waals surface area contributed by atoms with Gasteiger partial charge >= 0.3 is 0 Å². The van der Waals surface area contributed by atoms with Gasteiger partial charge in [-0.05, 0) is 44.3 Å². The van der Waals surface area contributed by atoms with E-state index >= 15 is 0 Å². The first-order valence-electron chi connectivity index (χ1n) is 7.28. The van der Waals surface area contributed by atoms with Crippen LogP contribution >= 0.6 is 0 Å². The van der Waals surface area contributed by atoms with Crippen LogP contribution in [0.2, 0.25) is 0 Å². The summed E-state index contributed by atoms with van der Waals surface area (Å²) in [7, 11) is -3.85. The lowest BCUT2D eigenvalue weighted by atomic mass is 10.0. The van der Waals surface area contributed by atoms with Gasteiger partial charge in [-0.1, -0.05) is 12.1 Å². The van der Waals surface area contributed by atoms with Crippen molar-refractivity contribution in [3.63, 3.8) is 0 Å². The van der Waals surface area contributed by atoms with Gasteiger partial charge in [0.2, 0.25) is 10.0 Å². The van der Waals surface area contributed by atoms with E-state index in [-0.39, 0.29) is 10.6 Å². The molecule has 0 amide bonds. The molecule has 2 atom stereocenters. The van der Waals surface area contributed by atoms with Crippen molar-refractivity contribution in [2.75, 3.05) is 26.2 Å². The van der Waals surface area contributed by atoms with Crippen LogP contribution in [-0.4, -0.2) is 43.8 Å². The monoisotopic (exact) mass is 325 g/mol. The zero-order valence-electron chi connectivity index (χ0n) is 12.6. The summed E-state index contributed by atoms with van der Waals surface area (Å²) in [5.41, 5.74) is 0.498. The third-order valence-electron chi connectivity index (χ3n) is 4.67. The van der Waals surface area contributed by atoms with Gasteiger partial charge in [-0.3, -0.25) is 10.1 Å². The smallest absolute Gasteiger partial charge is 0.292 e. The van der Waals surface area contributed by atoms with Crippen molar-refractivity contribution >= 4 is 15.7 Å². The third kappa shape index (κ3) is 2.31. The summed E-state index contributed by atoms with van der Waals surface area (Å²) < 4.78 is 27.3. The molecular formula is C14H19N3O4S. The average Bonchev–Trinajstić information content (AvgIpc) is 3.01. The second-order valence-electron chi connectivity index (χ2n) is 6.13. The molecule has 0 aromatic heterocycles. The lowest BCUT2D eigenvalue weighted by Gasteiger charge is -2.19. The summed E-state index contributed by atoms with van der Waals surface area (Å²) >= 11 is 0. The van der Waals surface area contributed by atoms with Crippen molar-refractivity contribution in [2.45, 2.75) is 18.7 Å². The van der Waals surface area contributed by atoms with E-state index in [1.165, 1.54) is 4.31 Å². The zero-order valence-corrected chi connectivity index (χ0v) is 13.4. The minimum atomic E-state index is -3.85. The van der Waals surface area contributed by atoms with Gasteiger partial charge in [-0.25, -0.2) is 8.42 Å². The first-order chi connectivity index (χ1) is 10.3. The molecule has 1 aromatic rings. The average molecular weight is 325 g/mol. The lowest BCUT2D eigenvalue weighted by molar-refractivity contribution is -0.388. The Labute approximate surface area is 129 Å². The number of nitrogens with one attached hydrogen (secondary N) is 1. The molecule has 7 nitrogen and oxygen atoms in total. The van der Waals surface area contributed by atoms with Gasteiger partial charge in [0.1, 0.15) is 0 Å². The third-order valence-corrected chi connectivity index (χ3v) is 6.68. The Hall–Kier alpha value is -1.51. The van der Waals surface area contributed by atoms with Crippen molar-refractivity contribution in [1.82, 2.24) is 9.62 Å². The van der Waals surface area contributed by atoms with E-state index in [1.54, 1.807) is 26.0 Å². The molecular weight excluding hydrogens is 306 g/mol. The summed E-state index contributed by atoms with van der Waals surface area (Å²) in [6.07, 6.45) is 0.